The molecule has 0 aliphatic carbocycles. The molecule has 0 aliphatic rings. The normalized spacial score (nSPS) is 11.4. The Morgan fingerprint density at radius 3 is 2.40 bits per heavy atom. The molecule has 0 aliphatic heterocycles. The molecule has 6 nitrogen and oxygen atoms in total. The molecule has 0 aromatic carbocycles. The Morgan fingerprint density at radius 1 is 1.40 bits per heavy atom. The third-order valence-corrected chi connectivity index (χ3v) is 4.12. The Hall–Kier alpha value is -1.85. The van der Waals surface area contributed by atoms with E-state index in [0.717, 1.165) is 11.3 Å². The molecule has 0 unspecified atom stereocenters. The lowest BCUT2D eigenvalue weighted by atomic mass is 9.79. The maximum Gasteiger partial charge on any atom is 0.310 e. The van der Waals surface area contributed by atoms with E-state index in [1.807, 2.05) is 14.0 Å². The van der Waals surface area contributed by atoms with Crippen molar-refractivity contribution in [3.63, 3.8) is 0 Å². The molecule has 112 valence electrons. The zero-order chi connectivity index (χ0) is 15.3. The molecule has 0 fully saturated rings. The lowest BCUT2D eigenvalue weighted by Crippen LogP contribution is -2.36. The fourth-order valence-electron chi connectivity index (χ4n) is 2.16. The number of nitrogens with zero attached hydrogens (tertiary/aromatic N) is 2. The first kappa shape index (κ1) is 16.2. The largest absolute Gasteiger partial charge is 0.481 e. The van der Waals surface area contributed by atoms with Crippen molar-refractivity contribution in [2.24, 2.45) is 12.5 Å². The van der Waals surface area contributed by atoms with Crippen LogP contribution in [0.5, 0.6) is 0 Å². The van der Waals surface area contributed by atoms with Crippen LogP contribution in [-0.2, 0) is 23.2 Å². The van der Waals surface area contributed by atoms with Crippen LogP contribution in [0.3, 0.4) is 0 Å². The number of nitrogens with one attached hydrogen (secondary N) is 1. The van der Waals surface area contributed by atoms with Crippen molar-refractivity contribution in [1.29, 1.82) is 0 Å². The molecule has 1 amide bonds. The minimum absolute atomic E-state index is 0.00857. The lowest BCUT2D eigenvalue weighted by molar-refractivity contribution is -0.152. The van der Waals surface area contributed by atoms with Gasteiger partial charge in [-0.3, -0.25) is 14.3 Å². The molecule has 1 heterocycles. The molecule has 0 saturated heterocycles. The summed E-state index contributed by atoms with van der Waals surface area (Å²) in [5.41, 5.74) is 0.962. The van der Waals surface area contributed by atoms with Crippen LogP contribution in [0.15, 0.2) is 6.20 Å². The highest BCUT2D eigenvalue weighted by Gasteiger charge is 2.37. The van der Waals surface area contributed by atoms with E-state index in [0.29, 0.717) is 19.4 Å². The number of carboxylic acids is 1. The van der Waals surface area contributed by atoms with Crippen LogP contribution >= 0.6 is 0 Å². The molecule has 1 aromatic heterocycles. The third-order valence-electron chi connectivity index (χ3n) is 4.12. The highest BCUT2D eigenvalue weighted by molar-refractivity contribution is 5.84. The van der Waals surface area contributed by atoms with Crippen molar-refractivity contribution in [2.45, 2.75) is 46.6 Å². The summed E-state index contributed by atoms with van der Waals surface area (Å²) in [7, 11) is 1.84. The standard InChI is InChI=1S/C14H23N3O3/c1-5-14(6-2,13(19)20)7-12(18)15-8-11-9-16-17(4)10(11)3/h9H,5-8H2,1-4H3,(H,15,18)(H,19,20). The molecule has 20 heavy (non-hydrogen) atoms. The molecule has 0 atom stereocenters. The Morgan fingerprint density at radius 2 is 2.00 bits per heavy atom. The van der Waals surface area contributed by atoms with Gasteiger partial charge in [0.15, 0.2) is 0 Å². The van der Waals surface area contributed by atoms with Gasteiger partial charge in [0.25, 0.3) is 0 Å². The van der Waals surface area contributed by atoms with Gasteiger partial charge < -0.3 is 10.4 Å². The predicted octanol–water partition coefficient (Wildman–Crippen LogP) is 1.63. The van der Waals surface area contributed by atoms with Gasteiger partial charge in [0.1, 0.15) is 0 Å². The maximum atomic E-state index is 12.0. The SMILES string of the molecule is CCC(CC)(CC(=O)NCc1cnn(C)c1C)C(=O)O. The molecule has 1 rings (SSSR count). The quantitative estimate of drug-likeness (QED) is 0.795. The number of carboxylic acid groups (broad SMARTS) is 1. The van der Waals surface area contributed by atoms with Crippen LogP contribution in [0.25, 0.3) is 0 Å². The van der Waals surface area contributed by atoms with E-state index < -0.39 is 11.4 Å². The first-order valence-corrected chi connectivity index (χ1v) is 6.84. The van der Waals surface area contributed by atoms with Crippen molar-refractivity contribution in [1.82, 2.24) is 15.1 Å². The van der Waals surface area contributed by atoms with E-state index >= 15 is 0 Å². The maximum absolute atomic E-state index is 12.0. The van der Waals surface area contributed by atoms with Crippen LogP contribution in [-0.4, -0.2) is 26.8 Å². The summed E-state index contributed by atoms with van der Waals surface area (Å²) in [6.07, 6.45) is 2.60. The molecule has 0 spiro atoms. The van der Waals surface area contributed by atoms with Gasteiger partial charge in [0, 0.05) is 31.3 Å². The van der Waals surface area contributed by atoms with Crippen molar-refractivity contribution >= 4 is 11.9 Å². The Kier molecular flexibility index (Phi) is 5.30. The second-order valence-electron chi connectivity index (χ2n) is 5.12. The smallest absolute Gasteiger partial charge is 0.310 e. The van der Waals surface area contributed by atoms with Crippen LogP contribution in [0, 0.1) is 12.3 Å². The van der Waals surface area contributed by atoms with Crippen LogP contribution in [0.2, 0.25) is 0 Å². The van der Waals surface area contributed by atoms with Crippen LogP contribution < -0.4 is 5.32 Å². The van der Waals surface area contributed by atoms with Gasteiger partial charge in [-0.15, -0.1) is 0 Å². The Bertz CT molecular complexity index is 490. The number of aliphatic carboxylic acids is 1. The monoisotopic (exact) mass is 281 g/mol. The number of aryl methyl sites for hydroxylation is 1. The van der Waals surface area contributed by atoms with Crippen molar-refractivity contribution in [3.8, 4) is 0 Å². The first-order chi connectivity index (χ1) is 9.36. The topological polar surface area (TPSA) is 84.2 Å². The lowest BCUT2D eigenvalue weighted by Gasteiger charge is -2.25. The van der Waals surface area contributed by atoms with E-state index in [1.54, 1.807) is 24.7 Å². The van der Waals surface area contributed by atoms with Gasteiger partial charge in [0.05, 0.1) is 11.6 Å². The summed E-state index contributed by atoms with van der Waals surface area (Å²) in [6, 6.07) is 0. The number of hydrogen-bond acceptors (Lipinski definition) is 3. The number of carbonyl (C=O) groups is 2. The fraction of sp³-hybridized carbons (Fsp3) is 0.643. The number of carbonyl (C=O) groups excluding carboxylic acids is 1. The zero-order valence-electron chi connectivity index (χ0n) is 12.6. The van der Waals surface area contributed by atoms with E-state index in [1.165, 1.54) is 0 Å². The zero-order valence-corrected chi connectivity index (χ0v) is 12.6. The predicted molar refractivity (Wildman–Crippen MR) is 75.1 cm³/mol. The fourth-order valence-corrected chi connectivity index (χ4v) is 2.16. The molecule has 0 radical (unpaired) electrons. The van der Waals surface area contributed by atoms with Crippen LogP contribution in [0.4, 0.5) is 0 Å². The summed E-state index contributed by atoms with van der Waals surface area (Å²) in [4.78, 5) is 23.3. The molecule has 0 bridgehead atoms. The van der Waals surface area contributed by atoms with Gasteiger partial charge in [-0.05, 0) is 19.8 Å². The third kappa shape index (κ3) is 3.37. The van der Waals surface area contributed by atoms with E-state index in [-0.39, 0.29) is 12.3 Å². The Labute approximate surface area is 119 Å². The molecule has 2 N–H and O–H groups in total. The molecular formula is C14H23N3O3. The summed E-state index contributed by atoms with van der Waals surface area (Å²) >= 11 is 0. The number of amides is 1. The van der Waals surface area contributed by atoms with Crippen LogP contribution in [0.1, 0.15) is 44.4 Å². The summed E-state index contributed by atoms with van der Waals surface area (Å²) in [6.45, 7) is 5.90. The van der Waals surface area contributed by atoms with Gasteiger partial charge in [-0.1, -0.05) is 13.8 Å². The highest BCUT2D eigenvalue weighted by Crippen LogP contribution is 2.30. The summed E-state index contributed by atoms with van der Waals surface area (Å²) in [5, 5.41) is 16.2. The molecule has 0 saturated carbocycles. The molecule has 6 heteroatoms. The van der Waals surface area contributed by atoms with Crippen molar-refractivity contribution in [3.05, 3.63) is 17.5 Å². The van der Waals surface area contributed by atoms with E-state index in [2.05, 4.69) is 10.4 Å². The second kappa shape index (κ2) is 6.54. The van der Waals surface area contributed by atoms with Crippen molar-refractivity contribution in [2.75, 3.05) is 0 Å². The minimum Gasteiger partial charge on any atom is -0.481 e. The average Bonchev–Trinajstić information content (AvgIpc) is 2.73. The number of rotatable bonds is 7. The van der Waals surface area contributed by atoms with Gasteiger partial charge in [-0.25, -0.2) is 0 Å². The van der Waals surface area contributed by atoms with E-state index in [9.17, 15) is 14.7 Å². The molecular weight excluding hydrogens is 258 g/mol. The first-order valence-electron chi connectivity index (χ1n) is 6.84. The van der Waals surface area contributed by atoms with Gasteiger partial charge in [0.2, 0.25) is 5.91 Å². The number of hydrogen-bond donors (Lipinski definition) is 2. The minimum atomic E-state index is -0.964. The Balaban J connectivity index is 2.63. The average molecular weight is 281 g/mol. The van der Waals surface area contributed by atoms with Gasteiger partial charge >= 0.3 is 5.97 Å². The summed E-state index contributed by atoms with van der Waals surface area (Å²) < 4.78 is 1.74. The van der Waals surface area contributed by atoms with Crippen molar-refractivity contribution < 1.29 is 14.7 Å². The van der Waals surface area contributed by atoms with E-state index in [4.69, 9.17) is 0 Å². The highest BCUT2D eigenvalue weighted by atomic mass is 16.4. The number of aromatic nitrogens is 2. The molecule has 1 aromatic rings. The second-order valence-corrected chi connectivity index (χ2v) is 5.12. The summed E-state index contributed by atoms with van der Waals surface area (Å²) in [5.74, 6) is -1.14. The van der Waals surface area contributed by atoms with Gasteiger partial charge in [-0.2, -0.15) is 5.10 Å².